The van der Waals surface area contributed by atoms with Gasteiger partial charge in [0.25, 0.3) is 0 Å². The molecule has 0 aromatic heterocycles. The predicted molar refractivity (Wildman–Crippen MR) is 121 cm³/mol. The molecular weight excluding hydrogens is 371 g/mol. The highest BCUT2D eigenvalue weighted by Gasteiger charge is 2.27. The van der Waals surface area contributed by atoms with Crippen LogP contribution >= 0.6 is 18.5 Å². The molecule has 0 atom stereocenters. The highest BCUT2D eigenvalue weighted by molar-refractivity contribution is 7.96. The molecule has 0 N–H and O–H groups in total. The first-order valence-corrected chi connectivity index (χ1v) is 12.2. The normalized spacial score (nSPS) is 14.5. The van der Waals surface area contributed by atoms with Crippen molar-refractivity contribution in [1.29, 1.82) is 0 Å². The molecule has 0 bridgehead atoms. The molecule has 0 saturated carbocycles. The van der Waals surface area contributed by atoms with Gasteiger partial charge in [0.2, 0.25) is 0 Å². The fraction of sp³-hybridized carbons (Fsp3) is 0.500. The third-order valence-electron chi connectivity index (χ3n) is 5.02. The van der Waals surface area contributed by atoms with Crippen LogP contribution in [0.2, 0.25) is 0 Å². The molecule has 0 fully saturated rings. The van der Waals surface area contributed by atoms with Gasteiger partial charge >= 0.3 is 0 Å². The van der Waals surface area contributed by atoms with E-state index in [2.05, 4.69) is 77.9 Å². The second-order valence-corrected chi connectivity index (χ2v) is 12.6. The standard InChI is InChI=1S/C24H32ClOP/c1-23(2,3)13-11-17-7-9-19-21(15-17)27(25)22-16-18(8-10-20(22)26-19)12-14-24(4,5)6/h7-10,15-16H,11-14H2,1-6H3. The Labute approximate surface area is 171 Å². The highest BCUT2D eigenvalue weighted by Crippen LogP contribution is 2.49. The van der Waals surface area contributed by atoms with E-state index in [9.17, 15) is 0 Å². The largest absolute Gasteiger partial charge is 0.456 e. The summed E-state index contributed by atoms with van der Waals surface area (Å²) in [6.45, 7) is 13.7. The molecule has 0 aliphatic carbocycles. The average Bonchev–Trinajstić information content (AvgIpc) is 2.57. The molecule has 0 spiro atoms. The van der Waals surface area contributed by atoms with Crippen molar-refractivity contribution in [2.24, 2.45) is 10.8 Å². The smallest absolute Gasteiger partial charge is 0.136 e. The van der Waals surface area contributed by atoms with E-state index >= 15 is 0 Å². The van der Waals surface area contributed by atoms with E-state index in [1.54, 1.807) is 0 Å². The van der Waals surface area contributed by atoms with Gasteiger partial charge in [-0.05, 0) is 71.9 Å². The van der Waals surface area contributed by atoms with Crippen molar-refractivity contribution in [1.82, 2.24) is 0 Å². The Bertz CT molecular complexity index is 747. The summed E-state index contributed by atoms with van der Waals surface area (Å²) in [7, 11) is -0.886. The predicted octanol–water partition coefficient (Wildman–Crippen LogP) is 7.34. The van der Waals surface area contributed by atoms with Gasteiger partial charge in [0, 0.05) is 10.6 Å². The van der Waals surface area contributed by atoms with Gasteiger partial charge in [-0.3, -0.25) is 0 Å². The lowest BCUT2D eigenvalue weighted by atomic mass is 9.89. The lowest BCUT2D eigenvalue weighted by Gasteiger charge is -2.26. The Balaban J connectivity index is 1.82. The molecule has 0 unspecified atom stereocenters. The lowest BCUT2D eigenvalue weighted by molar-refractivity contribution is 0.378. The molecule has 2 aromatic carbocycles. The summed E-state index contributed by atoms with van der Waals surface area (Å²) in [5.74, 6) is 1.84. The third kappa shape index (κ3) is 5.49. The molecule has 3 heteroatoms. The number of fused-ring (bicyclic) bond motifs is 2. The van der Waals surface area contributed by atoms with E-state index in [4.69, 9.17) is 16.0 Å². The molecule has 2 aromatic rings. The number of benzene rings is 2. The summed E-state index contributed by atoms with van der Waals surface area (Å²) in [4.78, 5) is 0. The molecule has 1 nitrogen and oxygen atoms in total. The van der Waals surface area contributed by atoms with Crippen LogP contribution in [0, 0.1) is 10.8 Å². The minimum Gasteiger partial charge on any atom is -0.456 e. The van der Waals surface area contributed by atoms with Crippen LogP contribution < -0.4 is 15.3 Å². The number of aryl methyl sites for hydroxylation is 2. The van der Waals surface area contributed by atoms with Crippen LogP contribution in [0.4, 0.5) is 0 Å². The van der Waals surface area contributed by atoms with E-state index in [-0.39, 0.29) is 0 Å². The molecule has 146 valence electrons. The first kappa shape index (κ1) is 20.7. The Morgan fingerprint density at radius 1 is 0.741 bits per heavy atom. The summed E-state index contributed by atoms with van der Waals surface area (Å²) in [5, 5.41) is 2.33. The quantitative estimate of drug-likeness (QED) is 0.486. The molecule has 27 heavy (non-hydrogen) atoms. The topological polar surface area (TPSA) is 9.23 Å². The maximum Gasteiger partial charge on any atom is 0.136 e. The highest BCUT2D eigenvalue weighted by atomic mass is 35.7. The Kier molecular flexibility index (Phi) is 5.95. The molecule has 1 aliphatic heterocycles. The maximum absolute atomic E-state index is 6.99. The lowest BCUT2D eigenvalue weighted by Crippen LogP contribution is -2.20. The first-order valence-electron chi connectivity index (χ1n) is 9.91. The zero-order valence-electron chi connectivity index (χ0n) is 17.5. The van der Waals surface area contributed by atoms with Crippen LogP contribution in [-0.4, -0.2) is 0 Å². The molecular formula is C24H32ClOP. The average molecular weight is 403 g/mol. The van der Waals surface area contributed by atoms with Crippen LogP contribution in [0.15, 0.2) is 36.4 Å². The van der Waals surface area contributed by atoms with Crippen molar-refractivity contribution in [2.45, 2.75) is 67.2 Å². The van der Waals surface area contributed by atoms with Crippen LogP contribution in [0.1, 0.15) is 65.5 Å². The molecule has 1 aliphatic rings. The van der Waals surface area contributed by atoms with Gasteiger partial charge in [0.1, 0.15) is 11.5 Å². The van der Waals surface area contributed by atoms with Crippen molar-refractivity contribution in [3.8, 4) is 11.5 Å². The minimum absolute atomic E-state index is 0.340. The number of ether oxygens (including phenoxy) is 1. The van der Waals surface area contributed by atoms with Crippen LogP contribution in [-0.2, 0) is 12.8 Å². The van der Waals surface area contributed by atoms with E-state index in [1.807, 2.05) is 0 Å². The maximum atomic E-state index is 6.99. The number of hydrogen-bond acceptors (Lipinski definition) is 1. The minimum atomic E-state index is -0.886. The molecule has 0 amide bonds. The van der Waals surface area contributed by atoms with E-state index in [0.717, 1.165) is 24.3 Å². The number of rotatable bonds is 4. The van der Waals surface area contributed by atoms with Gasteiger partial charge in [-0.2, -0.15) is 0 Å². The fourth-order valence-electron chi connectivity index (χ4n) is 3.20. The first-order chi connectivity index (χ1) is 12.5. The zero-order chi connectivity index (χ0) is 19.8. The van der Waals surface area contributed by atoms with Gasteiger partial charge in [0.05, 0.1) is 7.27 Å². The van der Waals surface area contributed by atoms with Crippen molar-refractivity contribution in [3.63, 3.8) is 0 Å². The van der Waals surface area contributed by atoms with Crippen molar-refractivity contribution in [3.05, 3.63) is 47.5 Å². The summed E-state index contributed by atoms with van der Waals surface area (Å²) in [6.07, 6.45) is 4.49. The summed E-state index contributed by atoms with van der Waals surface area (Å²) < 4.78 is 6.18. The van der Waals surface area contributed by atoms with E-state index in [0.29, 0.717) is 10.8 Å². The number of hydrogen-bond donors (Lipinski definition) is 0. The zero-order valence-corrected chi connectivity index (χ0v) is 19.2. The van der Waals surface area contributed by atoms with Gasteiger partial charge in [0.15, 0.2) is 0 Å². The van der Waals surface area contributed by atoms with Crippen molar-refractivity contribution < 1.29 is 4.74 Å². The van der Waals surface area contributed by atoms with Crippen LogP contribution in [0.5, 0.6) is 11.5 Å². The summed E-state index contributed by atoms with van der Waals surface area (Å²) in [6, 6.07) is 13.1. The Morgan fingerprint density at radius 3 is 1.52 bits per heavy atom. The fourth-order valence-corrected chi connectivity index (χ4v) is 5.44. The Hall–Kier alpha value is -1.04. The molecule has 1 heterocycles. The van der Waals surface area contributed by atoms with Gasteiger partial charge < -0.3 is 4.74 Å². The van der Waals surface area contributed by atoms with Crippen molar-refractivity contribution in [2.75, 3.05) is 0 Å². The summed E-state index contributed by atoms with van der Waals surface area (Å²) >= 11 is 6.99. The molecule has 0 radical (unpaired) electrons. The SMILES string of the molecule is CC(C)(C)CCc1ccc2c(c1)P(Cl)c1cc(CCC(C)(C)C)ccc1O2. The van der Waals surface area contributed by atoms with Crippen LogP contribution in [0.3, 0.4) is 0 Å². The van der Waals surface area contributed by atoms with Gasteiger partial charge in [-0.25, -0.2) is 0 Å². The monoisotopic (exact) mass is 402 g/mol. The Morgan fingerprint density at radius 2 is 1.15 bits per heavy atom. The molecule has 0 saturated heterocycles. The second-order valence-electron chi connectivity index (χ2n) is 10.1. The summed E-state index contributed by atoms with van der Waals surface area (Å²) in [5.41, 5.74) is 3.39. The van der Waals surface area contributed by atoms with E-state index < -0.39 is 7.27 Å². The van der Waals surface area contributed by atoms with Gasteiger partial charge in [-0.15, -0.1) is 0 Å². The molecule has 3 rings (SSSR count). The van der Waals surface area contributed by atoms with Crippen molar-refractivity contribution >= 4 is 29.1 Å². The van der Waals surface area contributed by atoms with Crippen LogP contribution in [0.25, 0.3) is 0 Å². The second kappa shape index (κ2) is 7.76. The third-order valence-corrected chi connectivity index (χ3v) is 7.65. The van der Waals surface area contributed by atoms with Gasteiger partial charge in [-0.1, -0.05) is 64.9 Å². The van der Waals surface area contributed by atoms with E-state index in [1.165, 1.54) is 34.6 Å². The number of halogens is 1.